The molecule has 1 aliphatic rings. The topological polar surface area (TPSA) is 57.6 Å². The predicted molar refractivity (Wildman–Crippen MR) is 172 cm³/mol. The van der Waals surface area contributed by atoms with E-state index in [1.54, 1.807) is 4.90 Å². The van der Waals surface area contributed by atoms with E-state index in [0.29, 0.717) is 13.1 Å². The van der Waals surface area contributed by atoms with Crippen LogP contribution in [0, 0.1) is 0 Å². The molecular weight excluding hydrogens is 544 g/mol. The number of nitrogens with zero attached hydrogens (tertiary/aromatic N) is 3. The van der Waals surface area contributed by atoms with Gasteiger partial charge >= 0.3 is 6.03 Å². The third-order valence-corrected chi connectivity index (χ3v) is 8.98. The highest BCUT2D eigenvalue weighted by Gasteiger charge is 2.30. The summed E-state index contributed by atoms with van der Waals surface area (Å²) in [7, 11) is 0. The first-order chi connectivity index (χ1) is 20.4. The van der Waals surface area contributed by atoms with Gasteiger partial charge in [0.25, 0.3) is 0 Å². The third kappa shape index (κ3) is 6.99. The van der Waals surface area contributed by atoms with Gasteiger partial charge in [0.15, 0.2) is 0 Å². The fraction of sp³-hybridized carbons (Fsp3) is 0.371. The van der Waals surface area contributed by atoms with Crippen LogP contribution >= 0.6 is 11.6 Å². The van der Waals surface area contributed by atoms with Crippen molar-refractivity contribution >= 4 is 40.0 Å². The third-order valence-electron chi connectivity index (χ3n) is 8.61. The van der Waals surface area contributed by atoms with E-state index in [9.17, 15) is 9.59 Å². The molecule has 0 radical (unpaired) electrons. The van der Waals surface area contributed by atoms with Crippen molar-refractivity contribution in [2.75, 3.05) is 11.9 Å². The summed E-state index contributed by atoms with van der Waals surface area (Å²) in [6, 6.07) is 25.7. The summed E-state index contributed by atoms with van der Waals surface area (Å²) in [5.74, 6) is -0.0132. The number of amides is 3. The maximum atomic E-state index is 14.2. The Morgan fingerprint density at radius 1 is 0.952 bits per heavy atom. The largest absolute Gasteiger partial charge is 0.345 e. The molecule has 3 amide bonds. The first kappa shape index (κ1) is 29.7. The van der Waals surface area contributed by atoms with Crippen LogP contribution in [0.1, 0.15) is 63.6 Å². The lowest BCUT2D eigenvalue weighted by atomic mass is 9.94. The van der Waals surface area contributed by atoms with E-state index in [1.165, 1.54) is 6.42 Å². The molecule has 0 saturated heterocycles. The lowest BCUT2D eigenvalue weighted by Crippen LogP contribution is -2.50. The highest BCUT2D eigenvalue weighted by molar-refractivity contribution is 6.31. The zero-order valence-corrected chi connectivity index (χ0v) is 25.4. The van der Waals surface area contributed by atoms with Crippen molar-refractivity contribution < 1.29 is 9.59 Å². The van der Waals surface area contributed by atoms with Gasteiger partial charge in [-0.05, 0) is 61.4 Å². The normalized spacial score (nSPS) is 14.5. The Kier molecular flexibility index (Phi) is 9.85. The maximum Gasteiger partial charge on any atom is 0.322 e. The predicted octanol–water partition coefficient (Wildman–Crippen LogP) is 8.34. The van der Waals surface area contributed by atoms with E-state index < -0.39 is 0 Å². The zero-order chi connectivity index (χ0) is 29.5. The first-order valence-electron chi connectivity index (χ1n) is 15.2. The number of carbonyl (C=O) groups is 2. The van der Waals surface area contributed by atoms with Crippen LogP contribution in [0.25, 0.3) is 10.8 Å². The van der Waals surface area contributed by atoms with Crippen LogP contribution in [0.15, 0.2) is 85.1 Å². The fourth-order valence-electron chi connectivity index (χ4n) is 5.95. The number of halogens is 1. The molecule has 1 atom stereocenters. The maximum absolute atomic E-state index is 14.2. The Morgan fingerprint density at radius 3 is 2.48 bits per heavy atom. The summed E-state index contributed by atoms with van der Waals surface area (Å²) in [6.07, 6.45) is 8.21. The SMILES string of the molecule is CCC(C)N(CC(=O)N(Cc1cccn1Cc1ccccc1Cl)C1CCCCC1)C(=O)Nc1cccc2ccccc12. The van der Waals surface area contributed by atoms with E-state index in [1.807, 2.05) is 97.7 Å². The molecule has 1 fully saturated rings. The number of fused-ring (bicyclic) bond motifs is 1. The molecule has 1 heterocycles. The second-order valence-electron chi connectivity index (χ2n) is 11.4. The first-order valence-corrected chi connectivity index (χ1v) is 15.5. The van der Waals surface area contributed by atoms with Crippen molar-refractivity contribution in [1.82, 2.24) is 14.4 Å². The molecule has 7 heteroatoms. The van der Waals surface area contributed by atoms with Crippen molar-refractivity contribution in [1.29, 1.82) is 0 Å². The molecule has 6 nitrogen and oxygen atoms in total. The van der Waals surface area contributed by atoms with Crippen molar-refractivity contribution in [3.8, 4) is 0 Å². The average Bonchev–Trinajstić information content (AvgIpc) is 3.46. The summed E-state index contributed by atoms with van der Waals surface area (Å²) in [5.41, 5.74) is 2.85. The van der Waals surface area contributed by atoms with Crippen LogP contribution in [0.5, 0.6) is 0 Å². The summed E-state index contributed by atoms with van der Waals surface area (Å²) >= 11 is 6.47. The zero-order valence-electron chi connectivity index (χ0n) is 24.6. The Labute approximate surface area is 254 Å². The van der Waals surface area contributed by atoms with Crippen LogP contribution in [-0.2, 0) is 17.9 Å². The summed E-state index contributed by atoms with van der Waals surface area (Å²) in [5, 5.41) is 5.88. The minimum atomic E-state index is -0.250. The summed E-state index contributed by atoms with van der Waals surface area (Å²) in [6.45, 7) is 5.23. The standard InChI is InChI=1S/C35H41ClN4O2/c1-3-26(2)39(35(42)37-33-21-11-15-27-13-7-9-19-31(27)33)25-34(41)40(29-16-5-4-6-17-29)24-30-18-12-22-38(30)23-28-14-8-10-20-32(28)36/h7-15,18-22,26,29H,3-6,16-17,23-25H2,1-2H3,(H,37,42). The fourth-order valence-corrected chi connectivity index (χ4v) is 6.15. The summed E-state index contributed by atoms with van der Waals surface area (Å²) in [4.78, 5) is 31.6. The van der Waals surface area contributed by atoms with Gasteiger partial charge in [-0.2, -0.15) is 0 Å². The van der Waals surface area contributed by atoms with Gasteiger partial charge in [0.1, 0.15) is 6.54 Å². The number of urea groups is 1. The molecule has 42 heavy (non-hydrogen) atoms. The minimum absolute atomic E-state index is 0.0132. The lowest BCUT2D eigenvalue weighted by Gasteiger charge is -2.37. The molecule has 220 valence electrons. The Bertz CT molecular complexity index is 1500. The molecule has 0 aliphatic heterocycles. The Hall–Kier alpha value is -3.77. The van der Waals surface area contributed by atoms with Crippen molar-refractivity contribution in [2.24, 2.45) is 0 Å². The van der Waals surface area contributed by atoms with Crippen LogP contribution in [0.4, 0.5) is 10.5 Å². The second-order valence-corrected chi connectivity index (χ2v) is 11.8. The highest BCUT2D eigenvalue weighted by atomic mass is 35.5. The molecule has 4 aromatic rings. The molecular formula is C35H41ClN4O2. The van der Waals surface area contributed by atoms with Gasteiger partial charge in [0, 0.05) is 40.9 Å². The van der Waals surface area contributed by atoms with Gasteiger partial charge in [0.2, 0.25) is 5.91 Å². The number of benzene rings is 3. The molecule has 5 rings (SSSR count). The van der Waals surface area contributed by atoms with Crippen molar-refractivity contribution in [3.05, 3.63) is 101 Å². The van der Waals surface area contributed by atoms with Crippen LogP contribution in [0.3, 0.4) is 0 Å². The van der Waals surface area contributed by atoms with Crippen LogP contribution < -0.4 is 5.32 Å². The number of anilines is 1. The number of nitrogens with one attached hydrogen (secondary N) is 1. The van der Waals surface area contributed by atoms with E-state index in [4.69, 9.17) is 11.6 Å². The molecule has 3 aromatic carbocycles. The van der Waals surface area contributed by atoms with Gasteiger partial charge < -0.3 is 19.7 Å². The number of hydrogen-bond acceptors (Lipinski definition) is 2. The van der Waals surface area contributed by atoms with Gasteiger partial charge in [-0.25, -0.2) is 4.79 Å². The molecule has 1 N–H and O–H groups in total. The van der Waals surface area contributed by atoms with Crippen molar-refractivity contribution in [2.45, 2.75) is 77.5 Å². The summed E-state index contributed by atoms with van der Waals surface area (Å²) < 4.78 is 2.17. The monoisotopic (exact) mass is 584 g/mol. The molecule has 1 unspecified atom stereocenters. The number of hydrogen-bond donors (Lipinski definition) is 1. The molecule has 1 saturated carbocycles. The number of rotatable bonds is 10. The van der Waals surface area contributed by atoms with Crippen LogP contribution in [0.2, 0.25) is 5.02 Å². The molecule has 1 aromatic heterocycles. The van der Waals surface area contributed by atoms with E-state index >= 15 is 0 Å². The van der Waals surface area contributed by atoms with E-state index in [-0.39, 0.29) is 30.6 Å². The van der Waals surface area contributed by atoms with Gasteiger partial charge in [0.05, 0.1) is 12.2 Å². The second kappa shape index (κ2) is 13.9. The van der Waals surface area contributed by atoms with Crippen molar-refractivity contribution in [3.63, 3.8) is 0 Å². The minimum Gasteiger partial charge on any atom is -0.345 e. The molecule has 1 aliphatic carbocycles. The van der Waals surface area contributed by atoms with Gasteiger partial charge in [-0.15, -0.1) is 0 Å². The lowest BCUT2D eigenvalue weighted by molar-refractivity contribution is -0.136. The average molecular weight is 585 g/mol. The quantitative estimate of drug-likeness (QED) is 0.204. The van der Waals surface area contributed by atoms with E-state index in [0.717, 1.165) is 64.8 Å². The van der Waals surface area contributed by atoms with Crippen LogP contribution in [-0.4, -0.2) is 44.9 Å². The molecule has 0 spiro atoms. The Balaban J connectivity index is 1.37. The highest BCUT2D eigenvalue weighted by Crippen LogP contribution is 2.27. The molecule has 0 bridgehead atoms. The Morgan fingerprint density at radius 2 is 1.69 bits per heavy atom. The van der Waals surface area contributed by atoms with E-state index in [2.05, 4.69) is 16.0 Å². The smallest absolute Gasteiger partial charge is 0.322 e. The number of aromatic nitrogens is 1. The van der Waals surface area contributed by atoms with Gasteiger partial charge in [-0.1, -0.05) is 92.4 Å². The van der Waals surface area contributed by atoms with Gasteiger partial charge in [-0.3, -0.25) is 4.79 Å². The number of carbonyl (C=O) groups excluding carboxylic acids is 2.